The second-order valence-corrected chi connectivity index (χ2v) is 8.45. The third kappa shape index (κ3) is 5.81. The molecule has 1 aliphatic heterocycles. The summed E-state index contributed by atoms with van der Waals surface area (Å²) in [6, 6.07) is 8.27. The van der Waals surface area contributed by atoms with E-state index in [4.69, 9.17) is 5.11 Å². The molecule has 1 aromatic rings. The molecular weight excluding hydrogens is 356 g/mol. The number of piperidine rings is 1. The minimum Gasteiger partial charge on any atom is -0.481 e. The standard InChI is InChI=1S/C18H26N2O5S/c21-17(22)11-5-2-6-12-19-18(23)15-8-7-13-20(14-15)26(24,25)16-9-3-1-4-10-16/h1,3-4,9-10,15H,2,5-8,11-14H2,(H,19,23)(H,21,22). The summed E-state index contributed by atoms with van der Waals surface area (Å²) in [5.41, 5.74) is 0. The maximum Gasteiger partial charge on any atom is 0.303 e. The Morgan fingerprint density at radius 2 is 1.88 bits per heavy atom. The lowest BCUT2D eigenvalue weighted by atomic mass is 9.99. The van der Waals surface area contributed by atoms with Gasteiger partial charge in [-0.2, -0.15) is 4.31 Å². The van der Waals surface area contributed by atoms with E-state index in [9.17, 15) is 18.0 Å². The van der Waals surface area contributed by atoms with Crippen LogP contribution in [0.2, 0.25) is 0 Å². The van der Waals surface area contributed by atoms with Gasteiger partial charge in [-0.3, -0.25) is 9.59 Å². The van der Waals surface area contributed by atoms with E-state index < -0.39 is 16.0 Å². The summed E-state index contributed by atoms with van der Waals surface area (Å²) in [4.78, 5) is 23.0. The van der Waals surface area contributed by atoms with Gasteiger partial charge in [0.2, 0.25) is 15.9 Å². The monoisotopic (exact) mass is 382 g/mol. The van der Waals surface area contributed by atoms with Crippen LogP contribution in [-0.4, -0.2) is 49.3 Å². The summed E-state index contributed by atoms with van der Waals surface area (Å²) in [5.74, 6) is -1.28. The number of unbranched alkanes of at least 4 members (excludes halogenated alkanes) is 2. The van der Waals surface area contributed by atoms with Gasteiger partial charge in [-0.1, -0.05) is 24.6 Å². The number of rotatable bonds is 9. The summed E-state index contributed by atoms with van der Waals surface area (Å²) in [5, 5.41) is 11.4. The molecule has 2 rings (SSSR count). The van der Waals surface area contributed by atoms with Crippen molar-refractivity contribution in [2.24, 2.45) is 5.92 Å². The van der Waals surface area contributed by atoms with Crippen molar-refractivity contribution in [3.63, 3.8) is 0 Å². The predicted octanol–water partition coefficient (Wildman–Crippen LogP) is 1.85. The van der Waals surface area contributed by atoms with Gasteiger partial charge in [0.05, 0.1) is 10.8 Å². The van der Waals surface area contributed by atoms with E-state index in [0.29, 0.717) is 32.4 Å². The normalized spacial score (nSPS) is 18.4. The van der Waals surface area contributed by atoms with Crippen LogP contribution in [0.15, 0.2) is 35.2 Å². The summed E-state index contributed by atoms with van der Waals surface area (Å²) in [6.07, 6.45) is 3.53. The van der Waals surface area contributed by atoms with Gasteiger partial charge in [0.15, 0.2) is 0 Å². The zero-order valence-electron chi connectivity index (χ0n) is 14.8. The first kappa shape index (κ1) is 20.4. The molecule has 1 aliphatic rings. The molecule has 2 N–H and O–H groups in total. The molecule has 1 aromatic carbocycles. The molecule has 1 amide bonds. The minimum atomic E-state index is -3.57. The summed E-state index contributed by atoms with van der Waals surface area (Å²) < 4.78 is 26.8. The lowest BCUT2D eigenvalue weighted by Crippen LogP contribution is -2.45. The van der Waals surface area contributed by atoms with Gasteiger partial charge in [-0.15, -0.1) is 0 Å². The third-order valence-electron chi connectivity index (χ3n) is 4.50. The minimum absolute atomic E-state index is 0.129. The van der Waals surface area contributed by atoms with Crippen LogP contribution in [-0.2, 0) is 19.6 Å². The molecule has 8 heteroatoms. The van der Waals surface area contributed by atoms with Crippen LogP contribution in [0.4, 0.5) is 0 Å². The van der Waals surface area contributed by atoms with Crippen molar-refractivity contribution < 1.29 is 23.1 Å². The van der Waals surface area contributed by atoms with Crippen LogP contribution in [0.3, 0.4) is 0 Å². The van der Waals surface area contributed by atoms with Gasteiger partial charge in [0.1, 0.15) is 0 Å². The molecule has 0 spiro atoms. The Morgan fingerprint density at radius 1 is 1.15 bits per heavy atom. The van der Waals surface area contributed by atoms with E-state index in [0.717, 1.165) is 12.8 Å². The quantitative estimate of drug-likeness (QED) is 0.634. The van der Waals surface area contributed by atoms with Crippen molar-refractivity contribution in [3.05, 3.63) is 30.3 Å². The first-order valence-electron chi connectivity index (χ1n) is 8.96. The number of hydrogen-bond donors (Lipinski definition) is 2. The fraction of sp³-hybridized carbons (Fsp3) is 0.556. The van der Waals surface area contributed by atoms with Gasteiger partial charge in [0.25, 0.3) is 0 Å². The van der Waals surface area contributed by atoms with E-state index in [1.165, 1.54) is 4.31 Å². The van der Waals surface area contributed by atoms with Crippen LogP contribution in [0, 0.1) is 5.92 Å². The van der Waals surface area contributed by atoms with Gasteiger partial charge < -0.3 is 10.4 Å². The number of nitrogens with zero attached hydrogens (tertiary/aromatic N) is 1. The SMILES string of the molecule is O=C(O)CCCCCNC(=O)C1CCCN(S(=O)(=O)c2ccccc2)C1. The van der Waals surface area contributed by atoms with Crippen LogP contribution in [0.5, 0.6) is 0 Å². The Morgan fingerprint density at radius 3 is 2.58 bits per heavy atom. The Kier molecular flexibility index (Phi) is 7.59. The largest absolute Gasteiger partial charge is 0.481 e. The number of amides is 1. The topological polar surface area (TPSA) is 104 Å². The van der Waals surface area contributed by atoms with E-state index >= 15 is 0 Å². The highest BCUT2D eigenvalue weighted by molar-refractivity contribution is 7.89. The second-order valence-electron chi connectivity index (χ2n) is 6.51. The zero-order chi connectivity index (χ0) is 19.0. The molecular formula is C18H26N2O5S. The predicted molar refractivity (Wildman–Crippen MR) is 97.0 cm³/mol. The highest BCUT2D eigenvalue weighted by atomic mass is 32.2. The fourth-order valence-corrected chi connectivity index (χ4v) is 4.60. The molecule has 0 aliphatic carbocycles. The molecule has 0 radical (unpaired) electrons. The number of sulfonamides is 1. The van der Waals surface area contributed by atoms with Crippen molar-refractivity contribution in [2.75, 3.05) is 19.6 Å². The average molecular weight is 382 g/mol. The average Bonchev–Trinajstić information content (AvgIpc) is 2.65. The number of hydrogen-bond acceptors (Lipinski definition) is 4. The van der Waals surface area contributed by atoms with Gasteiger partial charge in [-0.05, 0) is 37.8 Å². The zero-order valence-corrected chi connectivity index (χ0v) is 15.6. The maximum absolute atomic E-state index is 12.7. The Labute approximate surface area is 154 Å². The van der Waals surface area contributed by atoms with Crippen LogP contribution in [0.1, 0.15) is 38.5 Å². The molecule has 1 unspecified atom stereocenters. The number of benzene rings is 1. The second kappa shape index (κ2) is 9.68. The maximum atomic E-state index is 12.7. The number of carboxylic acid groups (broad SMARTS) is 1. The Balaban J connectivity index is 1.82. The molecule has 1 saturated heterocycles. The van der Waals surface area contributed by atoms with Crippen molar-refractivity contribution in [1.82, 2.24) is 9.62 Å². The van der Waals surface area contributed by atoms with Crippen LogP contribution in [0.25, 0.3) is 0 Å². The smallest absolute Gasteiger partial charge is 0.303 e. The number of carboxylic acids is 1. The molecule has 7 nitrogen and oxygen atoms in total. The molecule has 1 heterocycles. The van der Waals surface area contributed by atoms with Gasteiger partial charge in [-0.25, -0.2) is 8.42 Å². The van der Waals surface area contributed by atoms with E-state index in [-0.39, 0.29) is 29.7 Å². The summed E-state index contributed by atoms with van der Waals surface area (Å²) in [6.45, 7) is 1.11. The highest BCUT2D eigenvalue weighted by Crippen LogP contribution is 2.23. The van der Waals surface area contributed by atoms with Gasteiger partial charge >= 0.3 is 5.97 Å². The lowest BCUT2D eigenvalue weighted by Gasteiger charge is -2.31. The van der Waals surface area contributed by atoms with Crippen molar-refractivity contribution in [1.29, 1.82) is 0 Å². The Hall–Kier alpha value is -1.93. The first-order valence-corrected chi connectivity index (χ1v) is 10.4. The molecule has 1 atom stereocenters. The molecule has 0 aromatic heterocycles. The number of carbonyl (C=O) groups excluding carboxylic acids is 1. The van der Waals surface area contributed by atoms with Crippen molar-refractivity contribution >= 4 is 21.9 Å². The Bertz CT molecular complexity index is 706. The van der Waals surface area contributed by atoms with Crippen molar-refractivity contribution in [3.8, 4) is 0 Å². The fourth-order valence-electron chi connectivity index (χ4n) is 3.05. The third-order valence-corrected chi connectivity index (χ3v) is 6.38. The molecule has 0 bridgehead atoms. The molecule has 26 heavy (non-hydrogen) atoms. The number of carbonyl (C=O) groups is 2. The summed E-state index contributed by atoms with van der Waals surface area (Å²) >= 11 is 0. The summed E-state index contributed by atoms with van der Waals surface area (Å²) in [7, 11) is -3.57. The van der Waals surface area contributed by atoms with E-state index in [2.05, 4.69) is 5.32 Å². The lowest BCUT2D eigenvalue weighted by molar-refractivity contribution is -0.137. The number of aliphatic carboxylic acids is 1. The highest BCUT2D eigenvalue weighted by Gasteiger charge is 2.33. The molecule has 144 valence electrons. The van der Waals surface area contributed by atoms with Crippen LogP contribution < -0.4 is 5.32 Å². The van der Waals surface area contributed by atoms with E-state index in [1.54, 1.807) is 30.3 Å². The molecule has 1 fully saturated rings. The molecule has 0 saturated carbocycles. The van der Waals surface area contributed by atoms with Crippen LogP contribution >= 0.6 is 0 Å². The first-order chi connectivity index (χ1) is 12.4. The van der Waals surface area contributed by atoms with Crippen molar-refractivity contribution in [2.45, 2.75) is 43.4 Å². The number of nitrogens with one attached hydrogen (secondary N) is 1. The van der Waals surface area contributed by atoms with E-state index in [1.807, 2.05) is 0 Å². The van der Waals surface area contributed by atoms with Gasteiger partial charge in [0, 0.05) is 26.1 Å².